The molecule has 2 aliphatic rings. The normalized spacial score (nSPS) is 31.3. The summed E-state index contributed by atoms with van der Waals surface area (Å²) in [5, 5.41) is 0. The monoisotopic (exact) mass is 346 g/mol. The highest BCUT2D eigenvalue weighted by atomic mass is 16.6. The van der Waals surface area contributed by atoms with E-state index in [-0.39, 0.29) is 24.7 Å². The van der Waals surface area contributed by atoms with Crippen LogP contribution in [0.1, 0.15) is 46.5 Å². The minimum absolute atomic E-state index is 0.163. The highest BCUT2D eigenvalue weighted by molar-refractivity contribution is 5.91. The molecular weight excluding hydrogens is 320 g/mol. The molecule has 5 nitrogen and oxygen atoms in total. The van der Waals surface area contributed by atoms with Crippen LogP contribution in [0.4, 0.5) is 0 Å². The summed E-state index contributed by atoms with van der Waals surface area (Å²) < 4.78 is 11.1. The number of hydrogen-bond donors (Lipinski definition) is 0. The van der Waals surface area contributed by atoms with Gasteiger partial charge in [-0.3, -0.25) is 9.59 Å². The average molecular weight is 346 g/mol. The van der Waals surface area contributed by atoms with Crippen molar-refractivity contribution < 1.29 is 23.9 Å². The highest BCUT2D eigenvalue weighted by Gasteiger charge is 2.44. The summed E-state index contributed by atoms with van der Waals surface area (Å²) in [6.07, 6.45) is 5.45. The van der Waals surface area contributed by atoms with Crippen molar-refractivity contribution in [2.24, 2.45) is 11.8 Å². The minimum atomic E-state index is -0.645. The third kappa shape index (κ3) is 4.91. The number of hydrogen-bond acceptors (Lipinski definition) is 5. The van der Waals surface area contributed by atoms with E-state index < -0.39 is 24.1 Å². The van der Waals surface area contributed by atoms with Crippen molar-refractivity contribution in [2.45, 2.75) is 58.7 Å². The summed E-state index contributed by atoms with van der Waals surface area (Å²) in [5.74, 6) is -1.12. The first-order chi connectivity index (χ1) is 11.8. The van der Waals surface area contributed by atoms with Crippen molar-refractivity contribution in [3.8, 4) is 0 Å². The molecule has 5 heteroatoms. The topological polar surface area (TPSA) is 69.7 Å². The van der Waals surface area contributed by atoms with Crippen molar-refractivity contribution >= 4 is 18.2 Å². The second-order valence-electron chi connectivity index (χ2n) is 7.20. The van der Waals surface area contributed by atoms with Crippen LogP contribution in [0, 0.1) is 11.8 Å². The molecule has 1 heterocycles. The highest BCUT2D eigenvalue weighted by Crippen LogP contribution is 2.36. The van der Waals surface area contributed by atoms with Gasteiger partial charge in [0.2, 0.25) is 0 Å². The van der Waals surface area contributed by atoms with E-state index in [0.29, 0.717) is 11.1 Å². The number of allylic oxidation sites excluding steroid dienone is 2. The standard InChI is InChI=1S/C20H26O5/c1-12(2)8-18(22)24-17-10-15(11-21)7-5-6-13(3)9-16-19(17)14(4)20(23)25-16/h7,9,11-12,16-17,19H,4-6,8,10H2,1-3H3/b13-9+,15-7+/t16-,17-,19+/m1/s1. The van der Waals surface area contributed by atoms with Crippen molar-refractivity contribution in [3.05, 3.63) is 35.5 Å². The largest absolute Gasteiger partial charge is 0.461 e. The molecule has 1 aliphatic carbocycles. The summed E-state index contributed by atoms with van der Waals surface area (Å²) in [4.78, 5) is 35.6. The first-order valence-electron chi connectivity index (χ1n) is 8.72. The average Bonchev–Trinajstić information content (AvgIpc) is 2.78. The molecule has 0 saturated carbocycles. The molecule has 2 rings (SSSR count). The molecule has 0 aromatic heterocycles. The number of ether oxygens (including phenoxy) is 2. The number of rotatable bonds is 4. The summed E-state index contributed by atoms with van der Waals surface area (Å²) in [5.41, 5.74) is 1.93. The lowest BCUT2D eigenvalue weighted by atomic mass is 9.85. The van der Waals surface area contributed by atoms with Crippen LogP contribution in [0.15, 0.2) is 35.5 Å². The maximum absolute atomic E-state index is 12.2. The van der Waals surface area contributed by atoms with Gasteiger partial charge in [-0.05, 0) is 37.3 Å². The van der Waals surface area contributed by atoms with Gasteiger partial charge in [0.1, 0.15) is 18.5 Å². The van der Waals surface area contributed by atoms with Gasteiger partial charge in [0, 0.05) is 18.4 Å². The van der Waals surface area contributed by atoms with Gasteiger partial charge in [-0.1, -0.05) is 32.1 Å². The summed E-state index contributed by atoms with van der Waals surface area (Å²) in [7, 11) is 0. The van der Waals surface area contributed by atoms with Gasteiger partial charge < -0.3 is 9.47 Å². The molecule has 3 atom stereocenters. The summed E-state index contributed by atoms with van der Waals surface area (Å²) >= 11 is 0. The van der Waals surface area contributed by atoms with E-state index in [1.54, 1.807) is 0 Å². The fourth-order valence-electron chi connectivity index (χ4n) is 3.23. The molecule has 0 radical (unpaired) electrons. The van der Waals surface area contributed by atoms with Crippen LogP contribution in [-0.2, 0) is 23.9 Å². The number of carbonyl (C=O) groups excluding carboxylic acids is 3. The van der Waals surface area contributed by atoms with E-state index in [9.17, 15) is 14.4 Å². The minimum Gasteiger partial charge on any atom is -0.461 e. The molecular formula is C20H26O5. The lowest BCUT2D eigenvalue weighted by Gasteiger charge is -2.27. The van der Waals surface area contributed by atoms with Gasteiger partial charge in [0.15, 0.2) is 0 Å². The van der Waals surface area contributed by atoms with Crippen molar-refractivity contribution in [2.75, 3.05) is 0 Å². The Bertz CT molecular complexity index is 626. The quantitative estimate of drug-likeness (QED) is 0.338. The van der Waals surface area contributed by atoms with Gasteiger partial charge in [0.25, 0.3) is 0 Å². The smallest absolute Gasteiger partial charge is 0.334 e. The molecule has 0 N–H and O–H groups in total. The third-order valence-electron chi connectivity index (χ3n) is 4.50. The first-order valence-corrected chi connectivity index (χ1v) is 8.72. The molecule has 136 valence electrons. The predicted molar refractivity (Wildman–Crippen MR) is 93.6 cm³/mol. The Labute approximate surface area is 148 Å². The molecule has 0 aromatic carbocycles. The van der Waals surface area contributed by atoms with Crippen molar-refractivity contribution in [3.63, 3.8) is 0 Å². The van der Waals surface area contributed by atoms with Crippen molar-refractivity contribution in [1.82, 2.24) is 0 Å². The molecule has 0 spiro atoms. The van der Waals surface area contributed by atoms with E-state index in [0.717, 1.165) is 24.7 Å². The lowest BCUT2D eigenvalue weighted by Crippen LogP contribution is -2.34. The van der Waals surface area contributed by atoms with Crippen LogP contribution < -0.4 is 0 Å². The van der Waals surface area contributed by atoms with Crippen LogP contribution in [-0.4, -0.2) is 30.4 Å². The maximum atomic E-state index is 12.2. The molecule has 1 fully saturated rings. The second kappa shape index (κ2) is 8.28. The van der Waals surface area contributed by atoms with Crippen LogP contribution in [0.5, 0.6) is 0 Å². The Hall–Kier alpha value is -2.17. The summed E-state index contributed by atoms with van der Waals surface area (Å²) in [6.45, 7) is 9.66. The zero-order chi connectivity index (χ0) is 18.6. The van der Waals surface area contributed by atoms with Gasteiger partial charge in [0.05, 0.1) is 5.92 Å². The van der Waals surface area contributed by atoms with Crippen LogP contribution in [0.3, 0.4) is 0 Å². The van der Waals surface area contributed by atoms with Crippen LogP contribution in [0.25, 0.3) is 0 Å². The molecule has 0 unspecified atom stereocenters. The zero-order valence-corrected chi connectivity index (χ0v) is 15.1. The van der Waals surface area contributed by atoms with Gasteiger partial charge in [-0.15, -0.1) is 0 Å². The van der Waals surface area contributed by atoms with E-state index in [2.05, 4.69) is 6.58 Å². The van der Waals surface area contributed by atoms with E-state index in [1.165, 1.54) is 0 Å². The molecule has 1 aliphatic heterocycles. The van der Waals surface area contributed by atoms with E-state index in [1.807, 2.05) is 32.9 Å². The summed E-state index contributed by atoms with van der Waals surface area (Å²) in [6, 6.07) is 0. The van der Waals surface area contributed by atoms with Gasteiger partial charge in [-0.25, -0.2) is 4.79 Å². The number of carbonyl (C=O) groups is 3. The molecule has 0 bridgehead atoms. The molecule has 1 saturated heterocycles. The Morgan fingerprint density at radius 3 is 2.84 bits per heavy atom. The number of fused-ring (bicyclic) bond motifs is 1. The molecule has 0 amide bonds. The zero-order valence-electron chi connectivity index (χ0n) is 15.1. The van der Waals surface area contributed by atoms with Crippen molar-refractivity contribution in [1.29, 1.82) is 0 Å². The molecule has 0 aromatic rings. The first kappa shape index (κ1) is 19.2. The van der Waals surface area contributed by atoms with E-state index in [4.69, 9.17) is 9.47 Å². The van der Waals surface area contributed by atoms with Gasteiger partial charge >= 0.3 is 11.9 Å². The van der Waals surface area contributed by atoms with Gasteiger partial charge in [-0.2, -0.15) is 0 Å². The third-order valence-corrected chi connectivity index (χ3v) is 4.50. The van der Waals surface area contributed by atoms with Crippen LogP contribution in [0.2, 0.25) is 0 Å². The second-order valence-corrected chi connectivity index (χ2v) is 7.20. The number of aldehydes is 1. The lowest BCUT2D eigenvalue weighted by molar-refractivity contribution is -0.153. The fraction of sp³-hybridized carbons (Fsp3) is 0.550. The number of esters is 2. The van der Waals surface area contributed by atoms with E-state index >= 15 is 0 Å². The van der Waals surface area contributed by atoms with Crippen LogP contribution >= 0.6 is 0 Å². The Morgan fingerprint density at radius 1 is 1.48 bits per heavy atom. The Kier molecular flexibility index (Phi) is 6.34. The Balaban J connectivity index is 2.35. The molecule has 25 heavy (non-hydrogen) atoms. The Morgan fingerprint density at radius 2 is 2.20 bits per heavy atom. The maximum Gasteiger partial charge on any atom is 0.334 e. The predicted octanol–water partition coefficient (Wildman–Crippen LogP) is 3.30. The SMILES string of the molecule is C=C1C(=O)O[C@@H]2/C=C(\C)CC/C=C(/C=O)C[C@@H](OC(=O)CC(C)C)[C@@H]12. The fourth-order valence-corrected chi connectivity index (χ4v) is 3.23.